The molecule has 2 aromatic rings. The van der Waals surface area contributed by atoms with Gasteiger partial charge in [-0.2, -0.15) is 0 Å². The summed E-state index contributed by atoms with van der Waals surface area (Å²) < 4.78 is 21.7. The van der Waals surface area contributed by atoms with Crippen molar-refractivity contribution in [2.24, 2.45) is 0 Å². The Bertz CT molecular complexity index is 810. The Kier molecular flexibility index (Phi) is 6.92. The monoisotopic (exact) mass is 383 g/mol. The van der Waals surface area contributed by atoms with Crippen molar-refractivity contribution in [1.82, 2.24) is 0 Å². The van der Waals surface area contributed by atoms with Crippen molar-refractivity contribution in [3.05, 3.63) is 54.1 Å². The van der Waals surface area contributed by atoms with Crippen molar-refractivity contribution in [2.45, 2.75) is 18.9 Å². The van der Waals surface area contributed by atoms with E-state index in [1.807, 2.05) is 36.4 Å². The third-order valence-electron chi connectivity index (χ3n) is 4.42. The molecule has 0 spiro atoms. The maximum absolute atomic E-state index is 12.1. The highest BCUT2D eigenvalue weighted by Gasteiger charge is 2.15. The Morgan fingerprint density at radius 1 is 1.14 bits per heavy atom. The number of nitrogens with one attached hydrogen (secondary N) is 1. The van der Waals surface area contributed by atoms with Gasteiger partial charge in [0.1, 0.15) is 12.4 Å². The van der Waals surface area contributed by atoms with E-state index in [9.17, 15) is 4.79 Å². The lowest BCUT2D eigenvalue weighted by atomic mass is 10.2. The normalized spacial score (nSPS) is 16.1. The van der Waals surface area contributed by atoms with Gasteiger partial charge in [-0.1, -0.05) is 6.07 Å². The highest BCUT2D eigenvalue weighted by Crippen LogP contribution is 2.28. The van der Waals surface area contributed by atoms with E-state index in [1.165, 1.54) is 6.08 Å². The zero-order valence-corrected chi connectivity index (χ0v) is 16.1. The fourth-order valence-electron chi connectivity index (χ4n) is 2.91. The zero-order valence-electron chi connectivity index (χ0n) is 16.1. The summed E-state index contributed by atoms with van der Waals surface area (Å²) in [5.74, 6) is 1.80. The smallest absolute Gasteiger partial charge is 0.248 e. The fourth-order valence-corrected chi connectivity index (χ4v) is 2.91. The molecule has 2 aromatic carbocycles. The van der Waals surface area contributed by atoms with Crippen molar-refractivity contribution in [1.29, 1.82) is 0 Å². The van der Waals surface area contributed by atoms with Crippen LogP contribution < -0.4 is 19.5 Å². The van der Waals surface area contributed by atoms with Gasteiger partial charge >= 0.3 is 0 Å². The largest absolute Gasteiger partial charge is 0.493 e. The summed E-state index contributed by atoms with van der Waals surface area (Å²) in [6, 6.07) is 12.8. The molecule has 6 nitrogen and oxygen atoms in total. The molecule has 1 atom stereocenters. The number of carbonyl (C=O) groups excluding carboxylic acids is 1. The van der Waals surface area contributed by atoms with Crippen LogP contribution in [0.25, 0.3) is 6.08 Å². The SMILES string of the molecule is COc1ccc(/C=C\C(=O)Nc2ccc(OC[C@H]3CCCO3)cc2)cc1OC. The van der Waals surface area contributed by atoms with E-state index < -0.39 is 0 Å². The molecular weight excluding hydrogens is 358 g/mol. The molecule has 1 amide bonds. The van der Waals surface area contributed by atoms with Gasteiger partial charge in [-0.25, -0.2) is 0 Å². The Balaban J connectivity index is 1.52. The van der Waals surface area contributed by atoms with Crippen LogP contribution in [0.1, 0.15) is 18.4 Å². The van der Waals surface area contributed by atoms with Gasteiger partial charge in [0.05, 0.1) is 20.3 Å². The Labute approximate surface area is 165 Å². The molecule has 1 N–H and O–H groups in total. The van der Waals surface area contributed by atoms with Gasteiger partial charge in [-0.3, -0.25) is 4.79 Å². The summed E-state index contributed by atoms with van der Waals surface area (Å²) in [7, 11) is 3.16. The number of rotatable bonds is 8. The second-order valence-corrected chi connectivity index (χ2v) is 6.41. The molecule has 0 unspecified atom stereocenters. The molecule has 1 saturated heterocycles. The van der Waals surface area contributed by atoms with Crippen LogP contribution in [0.5, 0.6) is 17.2 Å². The molecule has 0 bridgehead atoms. The minimum Gasteiger partial charge on any atom is -0.493 e. The Morgan fingerprint density at radius 3 is 2.61 bits per heavy atom. The molecule has 0 radical (unpaired) electrons. The van der Waals surface area contributed by atoms with E-state index >= 15 is 0 Å². The molecule has 0 aliphatic carbocycles. The molecule has 1 aliphatic rings. The van der Waals surface area contributed by atoms with Crippen LogP contribution in [0.15, 0.2) is 48.5 Å². The zero-order chi connectivity index (χ0) is 19.8. The van der Waals surface area contributed by atoms with Gasteiger partial charge in [0.2, 0.25) is 5.91 Å². The first-order chi connectivity index (χ1) is 13.7. The van der Waals surface area contributed by atoms with Gasteiger partial charge in [-0.15, -0.1) is 0 Å². The number of methoxy groups -OCH3 is 2. The van der Waals surface area contributed by atoms with Crippen LogP contribution in [-0.2, 0) is 9.53 Å². The summed E-state index contributed by atoms with van der Waals surface area (Å²) in [4.78, 5) is 12.1. The Hall–Kier alpha value is -2.99. The molecule has 28 heavy (non-hydrogen) atoms. The van der Waals surface area contributed by atoms with Crippen LogP contribution >= 0.6 is 0 Å². The van der Waals surface area contributed by atoms with E-state index in [2.05, 4.69) is 5.32 Å². The molecule has 6 heteroatoms. The van der Waals surface area contributed by atoms with Crippen LogP contribution in [0.3, 0.4) is 0 Å². The minimum absolute atomic E-state index is 0.182. The van der Waals surface area contributed by atoms with Gasteiger partial charge in [0.15, 0.2) is 11.5 Å². The van der Waals surface area contributed by atoms with E-state index in [1.54, 1.807) is 26.4 Å². The highest BCUT2D eigenvalue weighted by atomic mass is 16.5. The first-order valence-corrected chi connectivity index (χ1v) is 9.23. The van der Waals surface area contributed by atoms with Crippen LogP contribution in [0.2, 0.25) is 0 Å². The average molecular weight is 383 g/mol. The number of carbonyl (C=O) groups is 1. The van der Waals surface area contributed by atoms with Crippen molar-refractivity contribution < 1.29 is 23.7 Å². The summed E-state index contributed by atoms with van der Waals surface area (Å²) in [5, 5.41) is 2.83. The Morgan fingerprint density at radius 2 is 1.93 bits per heavy atom. The quantitative estimate of drug-likeness (QED) is 0.700. The topological polar surface area (TPSA) is 66.0 Å². The van der Waals surface area contributed by atoms with E-state index in [0.717, 1.165) is 30.8 Å². The number of hydrogen-bond donors (Lipinski definition) is 1. The van der Waals surface area contributed by atoms with Crippen LogP contribution in [0, 0.1) is 0 Å². The summed E-state index contributed by atoms with van der Waals surface area (Å²) >= 11 is 0. The summed E-state index contributed by atoms with van der Waals surface area (Å²) in [6.45, 7) is 1.37. The maximum Gasteiger partial charge on any atom is 0.248 e. The third-order valence-corrected chi connectivity index (χ3v) is 4.42. The number of amides is 1. The predicted molar refractivity (Wildman–Crippen MR) is 108 cm³/mol. The first-order valence-electron chi connectivity index (χ1n) is 9.23. The lowest BCUT2D eigenvalue weighted by Crippen LogP contribution is -2.16. The molecule has 0 saturated carbocycles. The highest BCUT2D eigenvalue weighted by molar-refractivity contribution is 6.01. The van der Waals surface area contributed by atoms with Gasteiger partial charge < -0.3 is 24.3 Å². The number of hydrogen-bond acceptors (Lipinski definition) is 5. The minimum atomic E-state index is -0.220. The number of benzene rings is 2. The first kappa shape index (κ1) is 19.8. The lowest BCUT2D eigenvalue weighted by Gasteiger charge is -2.11. The third kappa shape index (κ3) is 5.50. The summed E-state index contributed by atoms with van der Waals surface area (Å²) in [5.41, 5.74) is 1.54. The lowest BCUT2D eigenvalue weighted by molar-refractivity contribution is -0.111. The van der Waals surface area contributed by atoms with E-state index in [-0.39, 0.29) is 12.0 Å². The molecule has 1 heterocycles. The van der Waals surface area contributed by atoms with E-state index in [4.69, 9.17) is 18.9 Å². The van der Waals surface area contributed by atoms with Gasteiger partial charge in [-0.05, 0) is 60.9 Å². The maximum atomic E-state index is 12.1. The van der Waals surface area contributed by atoms with E-state index in [0.29, 0.717) is 23.8 Å². The van der Waals surface area contributed by atoms with Crippen molar-refractivity contribution in [2.75, 3.05) is 32.8 Å². The van der Waals surface area contributed by atoms with Crippen LogP contribution in [0.4, 0.5) is 5.69 Å². The second-order valence-electron chi connectivity index (χ2n) is 6.41. The molecule has 0 aromatic heterocycles. The standard InChI is InChI=1S/C22H25NO5/c1-25-20-11-5-16(14-21(20)26-2)6-12-22(24)23-17-7-9-18(10-8-17)28-15-19-4-3-13-27-19/h5-12,14,19H,3-4,13,15H2,1-2H3,(H,23,24)/b12-6-/t19-/m1/s1. The second kappa shape index (κ2) is 9.80. The van der Waals surface area contributed by atoms with Crippen molar-refractivity contribution in [3.8, 4) is 17.2 Å². The molecule has 148 valence electrons. The fraction of sp³-hybridized carbons (Fsp3) is 0.318. The molecule has 3 rings (SSSR count). The van der Waals surface area contributed by atoms with Crippen molar-refractivity contribution in [3.63, 3.8) is 0 Å². The average Bonchev–Trinajstić information content (AvgIpc) is 3.25. The van der Waals surface area contributed by atoms with Crippen molar-refractivity contribution >= 4 is 17.7 Å². The number of anilines is 1. The predicted octanol–water partition coefficient (Wildman–Crippen LogP) is 3.91. The van der Waals surface area contributed by atoms with Gasteiger partial charge in [0, 0.05) is 18.4 Å². The molecular formula is C22H25NO5. The molecule has 1 fully saturated rings. The summed E-state index contributed by atoms with van der Waals surface area (Å²) in [6.07, 6.45) is 5.51. The molecule has 1 aliphatic heterocycles. The number of ether oxygens (including phenoxy) is 4. The van der Waals surface area contributed by atoms with Crippen LogP contribution in [-0.4, -0.2) is 39.4 Å². The van der Waals surface area contributed by atoms with Gasteiger partial charge in [0.25, 0.3) is 0 Å².